The van der Waals surface area contributed by atoms with Gasteiger partial charge in [0.05, 0.1) is 18.3 Å². The van der Waals surface area contributed by atoms with Gasteiger partial charge < -0.3 is 20.1 Å². The quantitative estimate of drug-likeness (QED) is 0.868. The summed E-state index contributed by atoms with van der Waals surface area (Å²) in [6, 6.07) is 5.30. The molecule has 0 radical (unpaired) electrons. The number of carbonyl (C=O) groups excluding carboxylic acids is 1. The summed E-state index contributed by atoms with van der Waals surface area (Å²) < 4.78 is 11.4. The standard InChI is InChI=1S/C16H24N2O3/c1-5-20-13-8-6-7-12(17)14(13)15(19)18-9-11(2)21-16(3,4)10-18/h6-8,11H,5,9-10,17H2,1-4H3. The Kier molecular flexibility index (Phi) is 4.42. The molecular weight excluding hydrogens is 268 g/mol. The van der Waals surface area contributed by atoms with Gasteiger partial charge in [-0.15, -0.1) is 0 Å². The Bertz CT molecular complexity index is 528. The van der Waals surface area contributed by atoms with Crippen molar-refractivity contribution >= 4 is 11.6 Å². The zero-order chi connectivity index (χ0) is 15.6. The molecule has 2 rings (SSSR count). The van der Waals surface area contributed by atoms with Crippen LogP contribution in [-0.2, 0) is 4.74 Å². The monoisotopic (exact) mass is 292 g/mol. The fourth-order valence-corrected chi connectivity index (χ4v) is 2.82. The zero-order valence-electron chi connectivity index (χ0n) is 13.2. The van der Waals surface area contributed by atoms with E-state index >= 15 is 0 Å². The first kappa shape index (κ1) is 15.6. The van der Waals surface area contributed by atoms with Gasteiger partial charge in [-0.25, -0.2) is 0 Å². The van der Waals surface area contributed by atoms with Gasteiger partial charge in [0.1, 0.15) is 11.3 Å². The minimum absolute atomic E-state index is 0.00168. The smallest absolute Gasteiger partial charge is 0.259 e. The van der Waals surface area contributed by atoms with Crippen molar-refractivity contribution in [3.63, 3.8) is 0 Å². The highest BCUT2D eigenvalue weighted by atomic mass is 16.5. The third kappa shape index (κ3) is 3.47. The molecular formula is C16H24N2O3. The van der Waals surface area contributed by atoms with Crippen LogP contribution in [0.15, 0.2) is 18.2 Å². The van der Waals surface area contributed by atoms with Crippen LogP contribution in [0.25, 0.3) is 0 Å². The van der Waals surface area contributed by atoms with E-state index in [1.165, 1.54) is 0 Å². The number of ether oxygens (including phenoxy) is 2. The maximum Gasteiger partial charge on any atom is 0.259 e. The number of anilines is 1. The van der Waals surface area contributed by atoms with Crippen LogP contribution >= 0.6 is 0 Å². The maximum absolute atomic E-state index is 12.9. The number of morpholine rings is 1. The second-order valence-corrected chi connectivity index (χ2v) is 6.03. The van der Waals surface area contributed by atoms with Crippen LogP contribution < -0.4 is 10.5 Å². The Hall–Kier alpha value is -1.75. The van der Waals surface area contributed by atoms with Crippen LogP contribution in [0, 0.1) is 0 Å². The number of nitrogens with zero attached hydrogens (tertiary/aromatic N) is 1. The number of nitrogens with two attached hydrogens (primary N) is 1. The molecule has 0 aromatic heterocycles. The van der Waals surface area contributed by atoms with Gasteiger partial charge in [-0.2, -0.15) is 0 Å². The van der Waals surface area contributed by atoms with Crippen molar-refractivity contribution in [2.24, 2.45) is 0 Å². The van der Waals surface area contributed by atoms with Crippen LogP contribution in [0.1, 0.15) is 38.1 Å². The highest BCUT2D eigenvalue weighted by Gasteiger charge is 2.35. The van der Waals surface area contributed by atoms with Gasteiger partial charge in [-0.05, 0) is 39.8 Å². The molecule has 1 saturated heterocycles. The van der Waals surface area contributed by atoms with Gasteiger partial charge >= 0.3 is 0 Å². The van der Waals surface area contributed by atoms with Gasteiger partial charge in [0.25, 0.3) is 5.91 Å². The average molecular weight is 292 g/mol. The lowest BCUT2D eigenvalue weighted by Gasteiger charge is -2.41. The van der Waals surface area contributed by atoms with E-state index in [4.69, 9.17) is 15.2 Å². The summed E-state index contributed by atoms with van der Waals surface area (Å²) in [4.78, 5) is 14.7. The van der Waals surface area contributed by atoms with Crippen molar-refractivity contribution < 1.29 is 14.3 Å². The third-order valence-electron chi connectivity index (χ3n) is 3.43. The molecule has 116 valence electrons. The van der Waals surface area contributed by atoms with Gasteiger partial charge in [-0.3, -0.25) is 4.79 Å². The Balaban J connectivity index is 2.31. The number of hydrogen-bond donors (Lipinski definition) is 1. The molecule has 1 unspecified atom stereocenters. The van der Waals surface area contributed by atoms with E-state index in [1.54, 1.807) is 23.1 Å². The lowest BCUT2D eigenvalue weighted by atomic mass is 10.0. The number of carbonyl (C=O) groups is 1. The van der Waals surface area contributed by atoms with Gasteiger partial charge in [-0.1, -0.05) is 6.07 Å². The molecule has 0 spiro atoms. The fraction of sp³-hybridized carbons (Fsp3) is 0.562. The highest BCUT2D eigenvalue weighted by molar-refractivity contribution is 6.02. The Morgan fingerprint density at radius 3 is 2.86 bits per heavy atom. The molecule has 0 aliphatic carbocycles. The van der Waals surface area contributed by atoms with Crippen LogP contribution in [-0.4, -0.2) is 42.2 Å². The fourth-order valence-electron chi connectivity index (χ4n) is 2.82. The van der Waals surface area contributed by atoms with Gasteiger partial charge in [0.2, 0.25) is 0 Å². The number of nitrogen functional groups attached to an aromatic ring is 1. The highest BCUT2D eigenvalue weighted by Crippen LogP contribution is 2.29. The Morgan fingerprint density at radius 2 is 2.24 bits per heavy atom. The van der Waals surface area contributed by atoms with Crippen LogP contribution in [0.4, 0.5) is 5.69 Å². The molecule has 0 saturated carbocycles. The summed E-state index contributed by atoms with van der Waals surface area (Å²) in [7, 11) is 0. The van der Waals surface area contributed by atoms with Crippen molar-refractivity contribution in [3.8, 4) is 5.75 Å². The summed E-state index contributed by atoms with van der Waals surface area (Å²) in [5, 5.41) is 0. The molecule has 21 heavy (non-hydrogen) atoms. The van der Waals surface area contributed by atoms with Gasteiger partial charge in [0, 0.05) is 18.8 Å². The van der Waals surface area contributed by atoms with E-state index < -0.39 is 0 Å². The van der Waals surface area contributed by atoms with Crippen molar-refractivity contribution in [1.29, 1.82) is 0 Å². The lowest BCUT2D eigenvalue weighted by Crippen LogP contribution is -2.53. The second-order valence-electron chi connectivity index (χ2n) is 6.03. The topological polar surface area (TPSA) is 64.8 Å². The Morgan fingerprint density at radius 1 is 1.52 bits per heavy atom. The molecule has 1 aliphatic heterocycles. The molecule has 5 heteroatoms. The molecule has 5 nitrogen and oxygen atoms in total. The number of benzene rings is 1. The van der Waals surface area contributed by atoms with Crippen molar-refractivity contribution in [2.75, 3.05) is 25.4 Å². The zero-order valence-corrected chi connectivity index (χ0v) is 13.2. The van der Waals surface area contributed by atoms with E-state index in [-0.39, 0.29) is 17.6 Å². The van der Waals surface area contributed by atoms with Crippen molar-refractivity contribution in [2.45, 2.75) is 39.4 Å². The van der Waals surface area contributed by atoms with Crippen molar-refractivity contribution in [1.82, 2.24) is 4.90 Å². The van der Waals surface area contributed by atoms with E-state index in [9.17, 15) is 4.79 Å². The summed E-state index contributed by atoms with van der Waals surface area (Å²) in [6.07, 6.45) is -0.00168. The second kappa shape index (κ2) is 5.93. The van der Waals surface area contributed by atoms with Crippen LogP contribution in [0.2, 0.25) is 0 Å². The minimum atomic E-state index is -0.358. The normalized spacial score (nSPS) is 21.1. The summed E-state index contributed by atoms with van der Waals surface area (Å²) in [5.74, 6) is 0.444. The lowest BCUT2D eigenvalue weighted by molar-refractivity contribution is -0.118. The number of rotatable bonds is 3. The van der Waals surface area contributed by atoms with E-state index in [2.05, 4.69) is 0 Å². The molecule has 0 bridgehead atoms. The molecule has 1 heterocycles. The first-order valence-corrected chi connectivity index (χ1v) is 7.32. The molecule has 1 aromatic rings. The van der Waals surface area contributed by atoms with Crippen molar-refractivity contribution in [3.05, 3.63) is 23.8 Å². The molecule has 1 aromatic carbocycles. The van der Waals surface area contributed by atoms with E-state index in [1.807, 2.05) is 27.7 Å². The van der Waals surface area contributed by atoms with E-state index in [0.717, 1.165) is 0 Å². The summed E-state index contributed by atoms with van der Waals surface area (Å²) in [5.41, 5.74) is 6.54. The molecule has 1 amide bonds. The predicted octanol–water partition coefficient (Wildman–Crippen LogP) is 2.31. The minimum Gasteiger partial charge on any atom is -0.493 e. The Labute approximate surface area is 126 Å². The largest absolute Gasteiger partial charge is 0.493 e. The average Bonchev–Trinajstić information content (AvgIpc) is 2.36. The molecule has 1 atom stereocenters. The predicted molar refractivity (Wildman–Crippen MR) is 82.6 cm³/mol. The van der Waals surface area contributed by atoms with Crippen LogP contribution in [0.3, 0.4) is 0 Å². The SMILES string of the molecule is CCOc1cccc(N)c1C(=O)N1CC(C)OC(C)(C)C1. The summed E-state index contributed by atoms with van der Waals surface area (Å²) in [6.45, 7) is 9.42. The first-order chi connectivity index (χ1) is 9.84. The van der Waals surface area contributed by atoms with E-state index in [0.29, 0.717) is 36.7 Å². The molecule has 1 aliphatic rings. The molecule has 2 N–H and O–H groups in total. The molecule has 1 fully saturated rings. The number of amides is 1. The first-order valence-electron chi connectivity index (χ1n) is 7.32. The maximum atomic E-state index is 12.9. The van der Waals surface area contributed by atoms with Crippen LogP contribution in [0.5, 0.6) is 5.75 Å². The van der Waals surface area contributed by atoms with Gasteiger partial charge in [0.15, 0.2) is 0 Å². The summed E-state index contributed by atoms with van der Waals surface area (Å²) >= 11 is 0. The third-order valence-corrected chi connectivity index (χ3v) is 3.43. The number of hydrogen-bond acceptors (Lipinski definition) is 4.